The number of furan rings is 6. The molecule has 0 N–H and O–H groups in total. The van der Waals surface area contributed by atoms with Crippen LogP contribution in [0.3, 0.4) is 0 Å². The summed E-state index contributed by atoms with van der Waals surface area (Å²) in [6.45, 7) is 39.6. The first-order valence-electron chi connectivity index (χ1n) is 27.3. The van der Waals surface area contributed by atoms with Crippen LogP contribution in [0.1, 0.15) is 158 Å². The van der Waals surface area contributed by atoms with Crippen molar-refractivity contribution >= 4 is 65.8 Å². The van der Waals surface area contributed by atoms with Crippen molar-refractivity contribution in [3.63, 3.8) is 0 Å². The van der Waals surface area contributed by atoms with Crippen molar-refractivity contribution < 1.29 is 26.5 Å². The summed E-state index contributed by atoms with van der Waals surface area (Å²) in [6.07, 6.45) is 8.83. The molecule has 12 rings (SSSR count). The maximum Gasteiger partial charge on any atom is 0.137 e. The van der Waals surface area contributed by atoms with Crippen molar-refractivity contribution in [2.24, 2.45) is 0 Å². The highest BCUT2D eigenvalue weighted by atomic mass is 16.3. The third-order valence-electron chi connectivity index (χ3n) is 13.7. The molecule has 0 bridgehead atoms. The largest absolute Gasteiger partial charge is 0.464 e. The molecule has 0 aliphatic carbocycles. The van der Waals surface area contributed by atoms with Gasteiger partial charge >= 0.3 is 0 Å². The molecule has 0 aliphatic rings. The molecule has 6 nitrogen and oxygen atoms in total. The van der Waals surface area contributed by atoms with Gasteiger partial charge in [-0.05, 0) is 110 Å². The van der Waals surface area contributed by atoms with Gasteiger partial charge in [-0.3, -0.25) is 0 Å². The topological polar surface area (TPSA) is 78.8 Å². The van der Waals surface area contributed by atoms with Crippen LogP contribution in [0, 0.1) is 0 Å². The zero-order valence-corrected chi connectivity index (χ0v) is 49.8. The van der Waals surface area contributed by atoms with Crippen LogP contribution in [0.2, 0.25) is 0 Å². The molecule has 0 saturated carbocycles. The molecule has 408 valence electrons. The molecule has 0 unspecified atom stereocenters. The van der Waals surface area contributed by atoms with Crippen LogP contribution in [0.5, 0.6) is 0 Å². The maximum absolute atomic E-state index is 5.73. The number of fused-ring (bicyclic) bond motifs is 6. The zero-order valence-electron chi connectivity index (χ0n) is 49.8. The highest BCUT2D eigenvalue weighted by Crippen LogP contribution is 2.34. The normalized spacial score (nSPS) is 12.2. The number of hydrogen-bond acceptors (Lipinski definition) is 6. The minimum Gasteiger partial charge on any atom is -0.464 e. The third-order valence-corrected chi connectivity index (χ3v) is 13.7. The quantitative estimate of drug-likeness (QED) is 0.151. The highest BCUT2D eigenvalue weighted by Gasteiger charge is 2.22. The molecule has 0 aliphatic heterocycles. The molecular formula is C72H84O6. The molecule has 0 amide bonds. The van der Waals surface area contributed by atoms with Crippen LogP contribution in [0.4, 0.5) is 0 Å². The van der Waals surface area contributed by atoms with E-state index in [-0.39, 0.29) is 32.5 Å². The molecule has 0 saturated heterocycles. The Morgan fingerprint density at radius 2 is 0.744 bits per heavy atom. The van der Waals surface area contributed by atoms with Crippen molar-refractivity contribution in [1.29, 1.82) is 0 Å². The standard InChI is InChI=1S/6C12H14O/c1-12(2,3)10-4-5-11-9(8-10)6-7-13-11;1-12(2,3)10-5-4-9-6-7-13-11(9)8-10;1-12(2,3)10-5-4-6-11-9(10)7-8-13-11;1-12(2,3)10-6-4-5-9-7-8-13-11(9)10;1-12(2,3)10-8-13-11-7-5-4-6-9(10)11;1-12(2,3)11-8-9-6-4-5-7-10(9)13-11/h6*4-8H,1-3H3. The fourth-order valence-electron chi connectivity index (χ4n) is 9.00. The fraction of sp³-hybridized carbons (Fsp3) is 0.333. The molecule has 0 atom stereocenters. The van der Waals surface area contributed by atoms with Crippen LogP contribution in [-0.2, 0) is 32.5 Å². The van der Waals surface area contributed by atoms with E-state index in [9.17, 15) is 0 Å². The van der Waals surface area contributed by atoms with E-state index in [4.69, 9.17) is 26.5 Å². The van der Waals surface area contributed by atoms with E-state index in [0.29, 0.717) is 0 Å². The van der Waals surface area contributed by atoms with Gasteiger partial charge in [0.2, 0.25) is 0 Å². The van der Waals surface area contributed by atoms with Gasteiger partial charge in [0.25, 0.3) is 0 Å². The van der Waals surface area contributed by atoms with E-state index in [1.54, 1.807) is 25.1 Å². The van der Waals surface area contributed by atoms with Gasteiger partial charge in [-0.15, -0.1) is 0 Å². The highest BCUT2D eigenvalue weighted by molar-refractivity contribution is 5.84. The minimum absolute atomic E-state index is 0.0962. The summed E-state index contributed by atoms with van der Waals surface area (Å²) in [5, 5.41) is 7.20. The average molecular weight is 1050 g/mol. The molecule has 0 radical (unpaired) electrons. The summed E-state index contributed by atoms with van der Waals surface area (Å²) in [7, 11) is 0. The third kappa shape index (κ3) is 14.8. The predicted molar refractivity (Wildman–Crippen MR) is 329 cm³/mol. The van der Waals surface area contributed by atoms with Crippen LogP contribution in [0.15, 0.2) is 209 Å². The lowest BCUT2D eigenvalue weighted by Gasteiger charge is -2.19. The number of hydrogen-bond donors (Lipinski definition) is 0. The van der Waals surface area contributed by atoms with E-state index in [1.165, 1.54) is 60.1 Å². The van der Waals surface area contributed by atoms with Gasteiger partial charge in [-0.1, -0.05) is 210 Å². The molecule has 78 heavy (non-hydrogen) atoms. The van der Waals surface area contributed by atoms with Crippen LogP contribution in [-0.4, -0.2) is 0 Å². The Balaban J connectivity index is 0.000000136. The molecular weight excluding hydrogens is 961 g/mol. The Hall–Kier alpha value is -7.44. The lowest BCUT2D eigenvalue weighted by molar-refractivity contribution is 0.430. The van der Waals surface area contributed by atoms with Crippen molar-refractivity contribution in [1.82, 2.24) is 0 Å². The summed E-state index contributed by atoms with van der Waals surface area (Å²) in [5.74, 6) is 1.05. The second kappa shape index (κ2) is 23.3. The SMILES string of the molecule is CC(C)(C)c1cc2ccccc2o1.CC(C)(C)c1ccc2ccoc2c1.CC(C)(C)c1ccc2occc2c1.CC(C)(C)c1cccc2ccoc12.CC(C)(C)c1cccc2occc12.CC(C)(C)c1coc2ccccc12. The van der Waals surface area contributed by atoms with Crippen LogP contribution < -0.4 is 0 Å². The molecule has 6 aromatic carbocycles. The molecule has 6 heteroatoms. The maximum atomic E-state index is 5.73. The molecule has 6 aromatic heterocycles. The van der Waals surface area contributed by atoms with E-state index in [1.807, 2.05) is 85.1 Å². The number of rotatable bonds is 0. The lowest BCUT2D eigenvalue weighted by Crippen LogP contribution is -2.10. The van der Waals surface area contributed by atoms with E-state index >= 15 is 0 Å². The molecule has 6 heterocycles. The second-order valence-electron chi connectivity index (χ2n) is 26.4. The smallest absolute Gasteiger partial charge is 0.137 e. The molecule has 0 spiro atoms. The Labute approximate surface area is 463 Å². The van der Waals surface area contributed by atoms with Gasteiger partial charge in [0.1, 0.15) is 39.3 Å². The van der Waals surface area contributed by atoms with Crippen molar-refractivity contribution in [2.45, 2.75) is 157 Å². The average Bonchev–Trinajstić information content (AvgIpc) is 4.23. The second-order valence-corrected chi connectivity index (χ2v) is 26.4. The molecule has 12 aromatic rings. The number of para-hydroxylation sites is 3. The van der Waals surface area contributed by atoms with Gasteiger partial charge in [0, 0.05) is 48.9 Å². The Bertz CT molecular complexity index is 3570. The van der Waals surface area contributed by atoms with Gasteiger partial charge in [0.05, 0.1) is 31.3 Å². The lowest BCUT2D eigenvalue weighted by atomic mass is 9.85. The van der Waals surface area contributed by atoms with E-state index in [2.05, 4.69) is 197 Å². The van der Waals surface area contributed by atoms with Crippen LogP contribution in [0.25, 0.3) is 65.8 Å². The van der Waals surface area contributed by atoms with Crippen LogP contribution >= 0.6 is 0 Å². The summed E-state index contributed by atoms with van der Waals surface area (Å²) < 4.78 is 32.7. The minimum atomic E-state index is 0.0962. The van der Waals surface area contributed by atoms with Crippen molar-refractivity contribution in [3.05, 3.63) is 217 Å². The van der Waals surface area contributed by atoms with Gasteiger partial charge < -0.3 is 26.5 Å². The fourth-order valence-corrected chi connectivity index (χ4v) is 9.00. The van der Waals surface area contributed by atoms with Crippen molar-refractivity contribution in [3.8, 4) is 0 Å². The number of benzene rings is 6. The summed E-state index contributed by atoms with van der Waals surface area (Å²) in [5.41, 5.74) is 13.5. The first-order chi connectivity index (χ1) is 36.5. The molecule has 0 fully saturated rings. The predicted octanol–water partition coefficient (Wildman–Crippen LogP) is 22.4. The Morgan fingerprint density at radius 3 is 1.40 bits per heavy atom. The summed E-state index contributed by atoms with van der Waals surface area (Å²) in [4.78, 5) is 0. The first-order valence-corrected chi connectivity index (χ1v) is 27.3. The first kappa shape index (κ1) is 58.2. The Kier molecular flexibility index (Phi) is 17.4. The summed E-state index contributed by atoms with van der Waals surface area (Å²) in [6, 6.07) is 51.7. The Morgan fingerprint density at radius 1 is 0.269 bits per heavy atom. The van der Waals surface area contributed by atoms with E-state index < -0.39 is 0 Å². The van der Waals surface area contributed by atoms with E-state index in [0.717, 1.165) is 39.3 Å². The summed E-state index contributed by atoms with van der Waals surface area (Å²) >= 11 is 0. The van der Waals surface area contributed by atoms with Gasteiger partial charge in [-0.2, -0.15) is 0 Å². The van der Waals surface area contributed by atoms with Gasteiger partial charge in [0.15, 0.2) is 0 Å². The van der Waals surface area contributed by atoms with Crippen molar-refractivity contribution in [2.75, 3.05) is 0 Å². The zero-order chi connectivity index (χ0) is 56.8. The monoisotopic (exact) mass is 1040 g/mol. The van der Waals surface area contributed by atoms with Gasteiger partial charge in [-0.25, -0.2) is 0 Å².